The van der Waals surface area contributed by atoms with Crippen LogP contribution in [0.25, 0.3) is 0 Å². The molecule has 2 atom stereocenters. The van der Waals surface area contributed by atoms with Crippen molar-refractivity contribution in [2.24, 2.45) is 17.6 Å². The van der Waals surface area contributed by atoms with Gasteiger partial charge in [-0.15, -0.1) is 0 Å². The summed E-state index contributed by atoms with van der Waals surface area (Å²) in [6.45, 7) is 2.43. The zero-order chi connectivity index (χ0) is 10.7. The summed E-state index contributed by atoms with van der Waals surface area (Å²) in [5.41, 5.74) is 5.42. The molecule has 3 N–H and O–H groups in total. The lowest BCUT2D eigenvalue weighted by molar-refractivity contribution is -0.122. The number of nitrogens with one attached hydrogen (secondary N) is 1. The molecule has 1 saturated carbocycles. The Morgan fingerprint density at radius 2 is 2.27 bits per heavy atom. The third-order valence-electron chi connectivity index (χ3n) is 3.30. The van der Waals surface area contributed by atoms with Gasteiger partial charge in [-0.05, 0) is 38.1 Å². The minimum absolute atomic E-state index is 0.189. The lowest BCUT2D eigenvalue weighted by Crippen LogP contribution is -2.49. The number of carbonyl (C=O) groups excluding carboxylic acids is 1. The first kappa shape index (κ1) is 10.9. The van der Waals surface area contributed by atoms with Crippen LogP contribution in [-0.2, 0) is 9.53 Å². The van der Waals surface area contributed by atoms with Crippen LogP contribution in [0.5, 0.6) is 0 Å². The monoisotopic (exact) mass is 212 g/mol. The predicted octanol–water partition coefficient (Wildman–Crippen LogP) is 0.266. The van der Waals surface area contributed by atoms with Crippen LogP contribution in [0.2, 0.25) is 0 Å². The first-order valence-electron chi connectivity index (χ1n) is 5.88. The van der Waals surface area contributed by atoms with Crippen LogP contribution in [0, 0.1) is 11.8 Å². The van der Waals surface area contributed by atoms with E-state index in [2.05, 4.69) is 5.32 Å². The van der Waals surface area contributed by atoms with E-state index in [4.69, 9.17) is 10.5 Å². The smallest absolute Gasteiger partial charge is 0.234 e. The highest BCUT2D eigenvalue weighted by atomic mass is 16.5. The van der Waals surface area contributed by atoms with Gasteiger partial charge in [-0.1, -0.05) is 0 Å². The largest absolute Gasteiger partial charge is 0.381 e. The number of ether oxygens (including phenoxy) is 1. The lowest BCUT2D eigenvalue weighted by atomic mass is 9.93. The first-order chi connectivity index (χ1) is 7.27. The van der Waals surface area contributed by atoms with E-state index in [9.17, 15) is 4.79 Å². The van der Waals surface area contributed by atoms with E-state index in [-0.39, 0.29) is 17.9 Å². The fourth-order valence-corrected chi connectivity index (χ4v) is 2.14. The SMILES string of the molecule is NC(=O)C(NCC1CC1)C1CCCOC1. The highest BCUT2D eigenvalue weighted by molar-refractivity contribution is 5.80. The Balaban J connectivity index is 1.82. The molecule has 15 heavy (non-hydrogen) atoms. The molecular formula is C11H20N2O2. The molecule has 1 aliphatic carbocycles. The number of hydrogen-bond donors (Lipinski definition) is 2. The molecule has 2 rings (SSSR count). The van der Waals surface area contributed by atoms with Crippen molar-refractivity contribution in [3.63, 3.8) is 0 Å². The molecule has 0 aromatic carbocycles. The van der Waals surface area contributed by atoms with E-state index in [1.54, 1.807) is 0 Å². The Hall–Kier alpha value is -0.610. The summed E-state index contributed by atoms with van der Waals surface area (Å²) in [4.78, 5) is 11.3. The quantitative estimate of drug-likeness (QED) is 0.687. The maximum atomic E-state index is 11.3. The van der Waals surface area contributed by atoms with E-state index in [1.807, 2.05) is 0 Å². The minimum atomic E-state index is -0.230. The van der Waals surface area contributed by atoms with Crippen molar-refractivity contribution < 1.29 is 9.53 Å². The highest BCUT2D eigenvalue weighted by Gasteiger charge is 2.30. The van der Waals surface area contributed by atoms with Crippen LogP contribution >= 0.6 is 0 Å². The topological polar surface area (TPSA) is 64.4 Å². The summed E-state index contributed by atoms with van der Waals surface area (Å²) in [5, 5.41) is 3.30. The number of carbonyl (C=O) groups is 1. The second-order valence-electron chi connectivity index (χ2n) is 4.71. The molecule has 0 aromatic heterocycles. The molecule has 1 heterocycles. The molecule has 4 nitrogen and oxygen atoms in total. The van der Waals surface area contributed by atoms with Gasteiger partial charge in [-0.3, -0.25) is 4.79 Å². The Kier molecular flexibility index (Phi) is 3.59. The molecule has 0 bridgehead atoms. The van der Waals surface area contributed by atoms with E-state index >= 15 is 0 Å². The van der Waals surface area contributed by atoms with Gasteiger partial charge < -0.3 is 15.8 Å². The van der Waals surface area contributed by atoms with E-state index in [0.29, 0.717) is 6.61 Å². The second-order valence-corrected chi connectivity index (χ2v) is 4.71. The lowest BCUT2D eigenvalue weighted by Gasteiger charge is -2.28. The molecule has 0 aromatic rings. The molecule has 86 valence electrons. The van der Waals surface area contributed by atoms with Crippen LogP contribution < -0.4 is 11.1 Å². The maximum Gasteiger partial charge on any atom is 0.234 e. The molecule has 2 fully saturated rings. The van der Waals surface area contributed by atoms with Crippen molar-refractivity contribution in [1.29, 1.82) is 0 Å². The van der Waals surface area contributed by atoms with Crippen molar-refractivity contribution in [2.75, 3.05) is 19.8 Å². The summed E-state index contributed by atoms with van der Waals surface area (Å²) in [6, 6.07) is -0.189. The average molecular weight is 212 g/mol. The van der Waals surface area contributed by atoms with Crippen molar-refractivity contribution >= 4 is 5.91 Å². The molecule has 1 aliphatic heterocycles. The van der Waals surface area contributed by atoms with Gasteiger partial charge in [-0.25, -0.2) is 0 Å². The van der Waals surface area contributed by atoms with Crippen LogP contribution in [0.1, 0.15) is 25.7 Å². The zero-order valence-electron chi connectivity index (χ0n) is 9.08. The fourth-order valence-electron chi connectivity index (χ4n) is 2.14. The van der Waals surface area contributed by atoms with Crippen LogP contribution in [0.15, 0.2) is 0 Å². The Labute approximate surface area is 90.5 Å². The number of rotatable bonds is 5. The Bertz CT molecular complexity index is 223. The molecule has 2 unspecified atom stereocenters. The number of nitrogens with two attached hydrogens (primary N) is 1. The molecular weight excluding hydrogens is 192 g/mol. The normalized spacial score (nSPS) is 28.7. The summed E-state index contributed by atoms with van der Waals surface area (Å²) >= 11 is 0. The number of amides is 1. The average Bonchev–Trinajstić information content (AvgIpc) is 3.03. The summed E-state index contributed by atoms with van der Waals surface area (Å²) in [5.74, 6) is 0.817. The van der Waals surface area contributed by atoms with Gasteiger partial charge in [0.2, 0.25) is 5.91 Å². The van der Waals surface area contributed by atoms with Crippen LogP contribution in [0.4, 0.5) is 0 Å². The van der Waals surface area contributed by atoms with Gasteiger partial charge in [0.25, 0.3) is 0 Å². The van der Waals surface area contributed by atoms with Crippen molar-refractivity contribution in [3.8, 4) is 0 Å². The van der Waals surface area contributed by atoms with Crippen molar-refractivity contribution in [3.05, 3.63) is 0 Å². The van der Waals surface area contributed by atoms with E-state index in [0.717, 1.165) is 31.9 Å². The zero-order valence-corrected chi connectivity index (χ0v) is 9.08. The van der Waals surface area contributed by atoms with Gasteiger partial charge in [0.15, 0.2) is 0 Å². The molecule has 1 amide bonds. The van der Waals surface area contributed by atoms with E-state index in [1.165, 1.54) is 12.8 Å². The summed E-state index contributed by atoms with van der Waals surface area (Å²) in [7, 11) is 0. The second kappa shape index (κ2) is 4.94. The van der Waals surface area contributed by atoms with Gasteiger partial charge in [0.1, 0.15) is 0 Å². The minimum Gasteiger partial charge on any atom is -0.381 e. The standard InChI is InChI=1S/C11H20N2O2/c12-11(14)10(13-6-8-3-4-8)9-2-1-5-15-7-9/h8-10,13H,1-7H2,(H2,12,14). The summed E-state index contributed by atoms with van der Waals surface area (Å²) < 4.78 is 5.39. The van der Waals surface area contributed by atoms with Gasteiger partial charge in [0, 0.05) is 12.5 Å². The third-order valence-corrected chi connectivity index (χ3v) is 3.30. The summed E-state index contributed by atoms with van der Waals surface area (Å²) in [6.07, 6.45) is 4.67. The number of primary amides is 1. The molecule has 0 spiro atoms. The van der Waals surface area contributed by atoms with Crippen LogP contribution in [0.3, 0.4) is 0 Å². The van der Waals surface area contributed by atoms with Gasteiger partial charge >= 0.3 is 0 Å². The predicted molar refractivity (Wildman–Crippen MR) is 57.3 cm³/mol. The van der Waals surface area contributed by atoms with E-state index < -0.39 is 0 Å². The van der Waals surface area contributed by atoms with Crippen LogP contribution in [-0.4, -0.2) is 31.7 Å². The molecule has 1 saturated heterocycles. The molecule has 2 aliphatic rings. The third kappa shape index (κ3) is 3.18. The van der Waals surface area contributed by atoms with Gasteiger partial charge in [0.05, 0.1) is 12.6 Å². The first-order valence-corrected chi connectivity index (χ1v) is 5.88. The van der Waals surface area contributed by atoms with Gasteiger partial charge in [-0.2, -0.15) is 0 Å². The molecule has 0 radical (unpaired) electrons. The molecule has 4 heteroatoms. The van der Waals surface area contributed by atoms with Crippen molar-refractivity contribution in [1.82, 2.24) is 5.32 Å². The fraction of sp³-hybridized carbons (Fsp3) is 0.909. The number of hydrogen-bond acceptors (Lipinski definition) is 3. The van der Waals surface area contributed by atoms with Crippen molar-refractivity contribution in [2.45, 2.75) is 31.7 Å². The maximum absolute atomic E-state index is 11.3. The Morgan fingerprint density at radius 3 is 2.80 bits per heavy atom. The highest BCUT2D eigenvalue weighted by Crippen LogP contribution is 2.28. The Morgan fingerprint density at radius 1 is 1.47 bits per heavy atom.